The van der Waals surface area contributed by atoms with Crippen molar-refractivity contribution in [2.75, 3.05) is 0 Å². The Hall–Kier alpha value is -2.13. The molecule has 22 heavy (non-hydrogen) atoms. The molecule has 3 nitrogen and oxygen atoms in total. The fraction of sp³-hybridized carbons (Fsp3) is 0.316. The molecule has 0 saturated heterocycles. The average molecular weight is 293 g/mol. The van der Waals surface area contributed by atoms with Crippen molar-refractivity contribution in [1.29, 1.82) is 0 Å². The van der Waals surface area contributed by atoms with E-state index in [4.69, 9.17) is 0 Å². The van der Waals surface area contributed by atoms with Crippen LogP contribution in [0.5, 0.6) is 0 Å². The van der Waals surface area contributed by atoms with Gasteiger partial charge in [-0.2, -0.15) is 0 Å². The van der Waals surface area contributed by atoms with E-state index in [1.807, 2.05) is 30.3 Å². The van der Waals surface area contributed by atoms with Gasteiger partial charge in [0.15, 0.2) is 0 Å². The molecule has 0 radical (unpaired) electrons. The molecule has 3 atom stereocenters. The summed E-state index contributed by atoms with van der Waals surface area (Å²) in [6, 6.07) is 15.2. The molecule has 2 aliphatic rings. The minimum absolute atomic E-state index is 0.109. The number of aliphatic hydroxyl groups excluding tert-OH is 1. The molecule has 2 aliphatic carbocycles. The number of nitrogens with one attached hydrogen (secondary N) is 1. The van der Waals surface area contributed by atoms with Crippen molar-refractivity contribution in [3.05, 3.63) is 70.8 Å². The summed E-state index contributed by atoms with van der Waals surface area (Å²) in [4.78, 5) is 12.4. The fourth-order valence-corrected chi connectivity index (χ4v) is 3.95. The van der Waals surface area contributed by atoms with Crippen LogP contribution in [-0.2, 0) is 6.42 Å². The van der Waals surface area contributed by atoms with Gasteiger partial charge in [-0.3, -0.25) is 4.79 Å². The van der Waals surface area contributed by atoms with E-state index in [0.29, 0.717) is 11.5 Å². The summed E-state index contributed by atoms with van der Waals surface area (Å²) in [5.74, 6) is 0.359. The predicted molar refractivity (Wildman–Crippen MR) is 84.8 cm³/mol. The summed E-state index contributed by atoms with van der Waals surface area (Å²) < 4.78 is 0. The second-order valence-corrected chi connectivity index (χ2v) is 6.28. The van der Waals surface area contributed by atoms with Crippen LogP contribution in [0.15, 0.2) is 48.5 Å². The number of hydrogen-bond acceptors (Lipinski definition) is 2. The molecule has 3 heteroatoms. The molecule has 2 aromatic carbocycles. The van der Waals surface area contributed by atoms with Gasteiger partial charge in [-0.25, -0.2) is 0 Å². The Morgan fingerprint density at radius 3 is 2.73 bits per heavy atom. The van der Waals surface area contributed by atoms with E-state index >= 15 is 0 Å². The van der Waals surface area contributed by atoms with Crippen molar-refractivity contribution >= 4 is 5.91 Å². The summed E-state index contributed by atoms with van der Waals surface area (Å²) in [5.41, 5.74) is 4.35. The maximum Gasteiger partial charge on any atom is 0.251 e. The smallest absolute Gasteiger partial charge is 0.251 e. The van der Waals surface area contributed by atoms with E-state index in [0.717, 1.165) is 24.8 Å². The Balaban J connectivity index is 1.59. The normalized spacial score (nSPS) is 25.6. The summed E-state index contributed by atoms with van der Waals surface area (Å²) in [6.45, 7) is 0. The van der Waals surface area contributed by atoms with E-state index in [1.54, 1.807) is 12.1 Å². The van der Waals surface area contributed by atoms with Crippen LogP contribution in [0.25, 0.3) is 0 Å². The highest BCUT2D eigenvalue weighted by Gasteiger charge is 2.38. The molecule has 0 heterocycles. The lowest BCUT2D eigenvalue weighted by Gasteiger charge is -2.34. The van der Waals surface area contributed by atoms with Gasteiger partial charge in [0.05, 0.1) is 12.1 Å². The van der Waals surface area contributed by atoms with Gasteiger partial charge < -0.3 is 10.4 Å². The topological polar surface area (TPSA) is 49.3 Å². The minimum atomic E-state index is -0.614. The van der Waals surface area contributed by atoms with Crippen molar-refractivity contribution < 1.29 is 9.90 Å². The molecule has 0 fully saturated rings. The molecule has 0 saturated carbocycles. The Bertz CT molecular complexity index is 711. The van der Waals surface area contributed by atoms with Crippen LogP contribution in [0.4, 0.5) is 0 Å². The van der Waals surface area contributed by atoms with Gasteiger partial charge in [-0.15, -0.1) is 0 Å². The summed E-state index contributed by atoms with van der Waals surface area (Å²) in [7, 11) is 0. The standard InChI is InChI=1S/C19H19NO2/c21-18-15-8-4-7-12-9-10-14(17(12)15)11-16(18)20-19(22)13-5-2-1-3-6-13/h1-8,14,16,18,21H,9-11H2,(H,20,22). The molecular formula is C19H19NO2. The molecule has 112 valence electrons. The van der Waals surface area contributed by atoms with Crippen molar-refractivity contribution in [2.45, 2.75) is 37.3 Å². The molecule has 1 amide bonds. The van der Waals surface area contributed by atoms with Crippen LogP contribution < -0.4 is 5.32 Å². The first-order valence-electron chi connectivity index (χ1n) is 7.89. The van der Waals surface area contributed by atoms with E-state index in [2.05, 4.69) is 11.4 Å². The Morgan fingerprint density at radius 2 is 1.91 bits per heavy atom. The van der Waals surface area contributed by atoms with E-state index < -0.39 is 6.10 Å². The monoisotopic (exact) mass is 293 g/mol. The van der Waals surface area contributed by atoms with Gasteiger partial charge in [-0.05, 0) is 54.0 Å². The second kappa shape index (κ2) is 5.25. The van der Waals surface area contributed by atoms with E-state index in [9.17, 15) is 9.90 Å². The maximum absolute atomic E-state index is 12.4. The summed E-state index contributed by atoms with van der Waals surface area (Å²) in [5, 5.41) is 13.7. The van der Waals surface area contributed by atoms with E-state index in [1.165, 1.54) is 11.1 Å². The number of hydrogen-bond donors (Lipinski definition) is 2. The number of carbonyl (C=O) groups excluding carboxylic acids is 1. The summed E-state index contributed by atoms with van der Waals surface area (Å²) in [6.07, 6.45) is 2.41. The lowest BCUT2D eigenvalue weighted by molar-refractivity contribution is 0.0780. The third-order valence-corrected chi connectivity index (χ3v) is 4.99. The zero-order valence-electron chi connectivity index (χ0n) is 12.3. The van der Waals surface area contributed by atoms with Crippen molar-refractivity contribution in [3.8, 4) is 0 Å². The molecule has 4 rings (SSSR count). The number of aliphatic hydroxyl groups is 1. The highest BCUT2D eigenvalue weighted by atomic mass is 16.3. The first-order chi connectivity index (χ1) is 10.7. The number of rotatable bonds is 2. The first-order valence-corrected chi connectivity index (χ1v) is 7.89. The largest absolute Gasteiger partial charge is 0.386 e. The van der Waals surface area contributed by atoms with Crippen LogP contribution in [0, 0.1) is 0 Å². The molecule has 0 aliphatic heterocycles. The maximum atomic E-state index is 12.4. The van der Waals surface area contributed by atoms with Crippen LogP contribution in [0.1, 0.15) is 51.9 Å². The number of benzene rings is 2. The zero-order valence-corrected chi connectivity index (χ0v) is 12.3. The number of carbonyl (C=O) groups is 1. The van der Waals surface area contributed by atoms with Crippen LogP contribution >= 0.6 is 0 Å². The minimum Gasteiger partial charge on any atom is -0.386 e. The lowest BCUT2D eigenvalue weighted by Crippen LogP contribution is -2.42. The SMILES string of the molecule is O=C(NC1CC2CCc3cccc(c32)C1O)c1ccccc1. The lowest BCUT2D eigenvalue weighted by atomic mass is 9.79. The third-order valence-electron chi connectivity index (χ3n) is 4.99. The molecule has 2 aromatic rings. The fourth-order valence-electron chi connectivity index (χ4n) is 3.95. The molecule has 3 unspecified atom stereocenters. The predicted octanol–water partition coefficient (Wildman–Crippen LogP) is 2.95. The van der Waals surface area contributed by atoms with Crippen LogP contribution in [-0.4, -0.2) is 17.1 Å². The van der Waals surface area contributed by atoms with Crippen molar-refractivity contribution in [2.24, 2.45) is 0 Å². The van der Waals surface area contributed by atoms with Gasteiger partial charge in [0.1, 0.15) is 0 Å². The average Bonchev–Trinajstić information content (AvgIpc) is 2.97. The Kier molecular flexibility index (Phi) is 3.23. The van der Waals surface area contributed by atoms with Gasteiger partial charge in [0.2, 0.25) is 0 Å². The van der Waals surface area contributed by atoms with Crippen molar-refractivity contribution in [1.82, 2.24) is 5.32 Å². The molecule has 0 bridgehead atoms. The Morgan fingerprint density at radius 1 is 1.09 bits per heavy atom. The van der Waals surface area contributed by atoms with Gasteiger partial charge in [0, 0.05) is 5.56 Å². The van der Waals surface area contributed by atoms with E-state index in [-0.39, 0.29) is 11.9 Å². The van der Waals surface area contributed by atoms with Crippen LogP contribution in [0.3, 0.4) is 0 Å². The van der Waals surface area contributed by atoms with Gasteiger partial charge in [-0.1, -0.05) is 36.4 Å². The Labute approximate surface area is 130 Å². The van der Waals surface area contributed by atoms with Gasteiger partial charge in [0.25, 0.3) is 5.91 Å². The number of amides is 1. The third kappa shape index (κ3) is 2.13. The van der Waals surface area contributed by atoms with Gasteiger partial charge >= 0.3 is 0 Å². The first kappa shape index (κ1) is 13.5. The highest BCUT2D eigenvalue weighted by molar-refractivity contribution is 5.94. The highest BCUT2D eigenvalue weighted by Crippen LogP contribution is 2.46. The quantitative estimate of drug-likeness (QED) is 0.894. The number of aryl methyl sites for hydroxylation is 1. The summed E-state index contributed by atoms with van der Waals surface area (Å²) >= 11 is 0. The zero-order chi connectivity index (χ0) is 15.1. The molecule has 0 aromatic heterocycles. The van der Waals surface area contributed by atoms with Crippen LogP contribution in [0.2, 0.25) is 0 Å². The molecule has 2 N–H and O–H groups in total. The molecule has 0 spiro atoms. The van der Waals surface area contributed by atoms with Crippen molar-refractivity contribution in [3.63, 3.8) is 0 Å². The molecular weight excluding hydrogens is 274 g/mol. The second-order valence-electron chi connectivity index (χ2n) is 6.28.